The van der Waals surface area contributed by atoms with Crippen molar-refractivity contribution in [2.24, 2.45) is 0 Å². The van der Waals surface area contributed by atoms with Crippen molar-refractivity contribution < 1.29 is 4.79 Å². The fourth-order valence-electron chi connectivity index (χ4n) is 1.77. The molecule has 0 aliphatic rings. The third-order valence-electron chi connectivity index (χ3n) is 2.69. The first kappa shape index (κ1) is 9.91. The molecule has 0 aliphatic heterocycles. The lowest BCUT2D eigenvalue weighted by Crippen LogP contribution is -2.04. The first-order chi connectivity index (χ1) is 7.20. The number of Topliss-reactive ketones (excluding diaryl/α,β-unsaturated/α-hetero) is 1. The second-order valence-electron chi connectivity index (χ2n) is 3.73. The van der Waals surface area contributed by atoms with Gasteiger partial charge >= 0.3 is 0 Å². The molecule has 1 radical (unpaired) electrons. The Hall–Kier alpha value is -1.63. The molecule has 1 nitrogen and oxygen atoms in total. The van der Waals surface area contributed by atoms with Crippen LogP contribution in [0.4, 0.5) is 0 Å². The molecule has 0 N–H and O–H groups in total. The molecule has 2 aromatic carbocycles. The highest BCUT2D eigenvalue weighted by molar-refractivity contribution is 5.93. The van der Waals surface area contributed by atoms with Crippen LogP contribution in [0.2, 0.25) is 0 Å². The van der Waals surface area contributed by atoms with E-state index in [2.05, 4.69) is 6.92 Å². The van der Waals surface area contributed by atoms with Gasteiger partial charge in [0, 0.05) is 5.92 Å². The molecule has 1 unspecified atom stereocenters. The van der Waals surface area contributed by atoms with Gasteiger partial charge in [0.2, 0.25) is 0 Å². The highest BCUT2D eigenvalue weighted by Gasteiger charge is 2.12. The first-order valence-corrected chi connectivity index (χ1v) is 5.01. The van der Waals surface area contributed by atoms with Gasteiger partial charge < -0.3 is 0 Å². The normalized spacial score (nSPS) is 12.7. The van der Waals surface area contributed by atoms with Crippen molar-refractivity contribution >= 4 is 16.6 Å². The van der Waals surface area contributed by atoms with E-state index in [1.807, 2.05) is 42.5 Å². The summed E-state index contributed by atoms with van der Waals surface area (Å²) in [7, 11) is 0. The number of carbonyl (C=O) groups excluding carboxylic acids is 1. The van der Waals surface area contributed by atoms with E-state index in [1.54, 1.807) is 6.92 Å². The molecule has 0 saturated carbocycles. The van der Waals surface area contributed by atoms with Gasteiger partial charge in [-0.05, 0) is 30.2 Å². The van der Waals surface area contributed by atoms with Crippen LogP contribution in [0.5, 0.6) is 0 Å². The zero-order chi connectivity index (χ0) is 10.8. The Morgan fingerprint density at radius 2 is 1.80 bits per heavy atom. The minimum absolute atomic E-state index is 0.103. The molecular formula is C14H13O. The molecule has 15 heavy (non-hydrogen) atoms. The summed E-state index contributed by atoms with van der Waals surface area (Å²) in [5, 5.41) is 2.28. The average Bonchev–Trinajstić information content (AvgIpc) is 2.27. The Balaban J connectivity index is 2.65. The van der Waals surface area contributed by atoms with Crippen LogP contribution in [0.15, 0.2) is 42.5 Å². The minimum Gasteiger partial charge on any atom is -0.299 e. The Morgan fingerprint density at radius 1 is 1.13 bits per heavy atom. The molecule has 2 aromatic rings. The zero-order valence-electron chi connectivity index (χ0n) is 8.73. The number of carbonyl (C=O) groups is 1. The van der Waals surface area contributed by atoms with E-state index in [0.29, 0.717) is 0 Å². The van der Waals surface area contributed by atoms with E-state index in [-0.39, 0.29) is 11.7 Å². The van der Waals surface area contributed by atoms with Crippen LogP contribution < -0.4 is 0 Å². The van der Waals surface area contributed by atoms with Crippen LogP contribution in [0.3, 0.4) is 0 Å². The third kappa shape index (κ3) is 1.78. The monoisotopic (exact) mass is 197 g/mol. The summed E-state index contributed by atoms with van der Waals surface area (Å²) < 4.78 is 0. The maximum atomic E-state index is 11.3. The fourth-order valence-corrected chi connectivity index (χ4v) is 1.77. The summed E-state index contributed by atoms with van der Waals surface area (Å²) >= 11 is 0. The standard InChI is InChI=1S/C14H13O/c1-10(11(2)15)13-9-5-7-12-6-3-4-8-14(12)13/h3-10H,1H2,2H3. The van der Waals surface area contributed by atoms with Crippen molar-refractivity contribution in [2.45, 2.75) is 12.8 Å². The maximum absolute atomic E-state index is 11.3. The van der Waals surface area contributed by atoms with Crippen molar-refractivity contribution in [3.05, 3.63) is 55.0 Å². The van der Waals surface area contributed by atoms with Gasteiger partial charge in [-0.2, -0.15) is 0 Å². The van der Waals surface area contributed by atoms with Gasteiger partial charge in [0.1, 0.15) is 5.78 Å². The second-order valence-corrected chi connectivity index (χ2v) is 3.73. The molecule has 1 heteroatoms. The highest BCUT2D eigenvalue weighted by atomic mass is 16.1. The van der Waals surface area contributed by atoms with Crippen molar-refractivity contribution in [2.75, 3.05) is 0 Å². The summed E-state index contributed by atoms with van der Waals surface area (Å²) in [6.07, 6.45) is 0. The van der Waals surface area contributed by atoms with Gasteiger partial charge in [-0.25, -0.2) is 0 Å². The Labute approximate surface area is 89.7 Å². The van der Waals surface area contributed by atoms with E-state index in [4.69, 9.17) is 0 Å². The Kier molecular flexibility index (Phi) is 2.55. The molecule has 2 rings (SSSR count). The number of ketones is 1. The third-order valence-corrected chi connectivity index (χ3v) is 2.69. The summed E-state index contributed by atoms with van der Waals surface area (Å²) in [6, 6.07) is 14.1. The zero-order valence-corrected chi connectivity index (χ0v) is 8.73. The van der Waals surface area contributed by atoms with Gasteiger partial charge in [0.25, 0.3) is 0 Å². The lowest BCUT2D eigenvalue weighted by Gasteiger charge is -2.11. The molecule has 75 valence electrons. The fraction of sp³-hybridized carbons (Fsp3) is 0.143. The number of hydrogen-bond acceptors (Lipinski definition) is 1. The summed E-state index contributed by atoms with van der Waals surface area (Å²) in [4.78, 5) is 11.3. The van der Waals surface area contributed by atoms with Crippen molar-refractivity contribution in [1.82, 2.24) is 0 Å². The number of hydrogen-bond donors (Lipinski definition) is 0. The maximum Gasteiger partial charge on any atom is 0.137 e. The summed E-state index contributed by atoms with van der Waals surface area (Å²) in [6.45, 7) is 5.49. The predicted molar refractivity (Wildman–Crippen MR) is 62.7 cm³/mol. The lowest BCUT2D eigenvalue weighted by atomic mass is 9.92. The molecule has 0 saturated heterocycles. The Bertz CT molecular complexity index is 494. The van der Waals surface area contributed by atoms with Gasteiger partial charge in [0.15, 0.2) is 0 Å². The van der Waals surface area contributed by atoms with Gasteiger partial charge in [0.05, 0.1) is 0 Å². The Morgan fingerprint density at radius 3 is 2.53 bits per heavy atom. The second kappa shape index (κ2) is 3.85. The molecule has 0 amide bonds. The van der Waals surface area contributed by atoms with Crippen LogP contribution in [-0.2, 0) is 4.79 Å². The molecular weight excluding hydrogens is 184 g/mol. The molecule has 0 heterocycles. The van der Waals surface area contributed by atoms with Crippen molar-refractivity contribution in [3.63, 3.8) is 0 Å². The number of fused-ring (bicyclic) bond motifs is 1. The summed E-state index contributed by atoms with van der Waals surface area (Å²) in [5.74, 6) is -0.164. The first-order valence-electron chi connectivity index (χ1n) is 5.01. The van der Waals surface area contributed by atoms with Crippen LogP contribution in [0, 0.1) is 6.92 Å². The predicted octanol–water partition coefficient (Wildman–Crippen LogP) is 3.35. The van der Waals surface area contributed by atoms with Crippen LogP contribution >= 0.6 is 0 Å². The van der Waals surface area contributed by atoms with Crippen LogP contribution in [0.25, 0.3) is 10.8 Å². The molecule has 0 spiro atoms. The number of rotatable bonds is 2. The highest BCUT2D eigenvalue weighted by Crippen LogP contribution is 2.25. The van der Waals surface area contributed by atoms with Gasteiger partial charge in [-0.1, -0.05) is 42.5 Å². The minimum atomic E-state index is -0.268. The van der Waals surface area contributed by atoms with E-state index in [9.17, 15) is 4.79 Å². The van der Waals surface area contributed by atoms with E-state index in [1.165, 1.54) is 0 Å². The molecule has 1 atom stereocenters. The van der Waals surface area contributed by atoms with E-state index in [0.717, 1.165) is 16.3 Å². The number of benzene rings is 2. The van der Waals surface area contributed by atoms with Crippen molar-refractivity contribution in [3.8, 4) is 0 Å². The molecule has 0 aromatic heterocycles. The van der Waals surface area contributed by atoms with Crippen molar-refractivity contribution in [1.29, 1.82) is 0 Å². The van der Waals surface area contributed by atoms with Crippen LogP contribution in [0.1, 0.15) is 18.4 Å². The smallest absolute Gasteiger partial charge is 0.137 e. The average molecular weight is 197 g/mol. The largest absolute Gasteiger partial charge is 0.299 e. The quantitative estimate of drug-likeness (QED) is 0.721. The van der Waals surface area contributed by atoms with E-state index >= 15 is 0 Å². The molecule has 0 bridgehead atoms. The topological polar surface area (TPSA) is 17.1 Å². The van der Waals surface area contributed by atoms with E-state index < -0.39 is 0 Å². The van der Waals surface area contributed by atoms with Crippen LogP contribution in [-0.4, -0.2) is 5.78 Å². The summed E-state index contributed by atoms with van der Waals surface area (Å²) in [5.41, 5.74) is 1.01. The molecule has 0 aliphatic carbocycles. The molecule has 0 fully saturated rings. The SMILES string of the molecule is [CH2]C(C(C)=O)c1cccc2ccccc12. The lowest BCUT2D eigenvalue weighted by molar-refractivity contribution is -0.117. The van der Waals surface area contributed by atoms with Gasteiger partial charge in [-0.3, -0.25) is 4.79 Å². The van der Waals surface area contributed by atoms with Gasteiger partial charge in [-0.15, -0.1) is 0 Å².